The minimum absolute atomic E-state index is 0.366. The zero-order valence-electron chi connectivity index (χ0n) is 6.97. The van der Waals surface area contributed by atoms with Gasteiger partial charge in [0.1, 0.15) is 0 Å². The van der Waals surface area contributed by atoms with E-state index in [1.807, 2.05) is 0 Å². The highest BCUT2D eigenvalue weighted by atomic mass is 16.4. The molecule has 68 valence electrons. The van der Waals surface area contributed by atoms with Crippen molar-refractivity contribution in [3.8, 4) is 0 Å². The van der Waals surface area contributed by atoms with Crippen LogP contribution in [0.1, 0.15) is 17.2 Å². The standard InChI is InChI=1S/C10H10O3/c1-2-7-4-3-5-8(6-7)9(11)10(12)13/h2-6,9,11H,1H2,(H,12,13)/t9-/m1/s1. The predicted octanol–water partition coefficient (Wildman–Crippen LogP) is 1.45. The molecule has 0 bridgehead atoms. The molecule has 0 amide bonds. The van der Waals surface area contributed by atoms with Crippen LogP contribution < -0.4 is 0 Å². The zero-order valence-corrected chi connectivity index (χ0v) is 6.97. The van der Waals surface area contributed by atoms with Crippen LogP contribution in [-0.4, -0.2) is 16.2 Å². The Kier molecular flexibility index (Phi) is 2.82. The van der Waals surface area contributed by atoms with Crippen molar-refractivity contribution in [1.29, 1.82) is 0 Å². The lowest BCUT2D eigenvalue weighted by atomic mass is 10.1. The van der Waals surface area contributed by atoms with E-state index in [2.05, 4.69) is 6.58 Å². The van der Waals surface area contributed by atoms with Crippen LogP contribution in [0.15, 0.2) is 30.8 Å². The van der Waals surface area contributed by atoms with E-state index in [0.29, 0.717) is 5.56 Å². The summed E-state index contributed by atoms with van der Waals surface area (Å²) in [6, 6.07) is 6.61. The summed E-state index contributed by atoms with van der Waals surface area (Å²) >= 11 is 0. The molecule has 1 aromatic rings. The molecule has 0 fully saturated rings. The largest absolute Gasteiger partial charge is 0.479 e. The summed E-state index contributed by atoms with van der Waals surface area (Å²) in [7, 11) is 0. The Morgan fingerprint density at radius 2 is 2.23 bits per heavy atom. The van der Waals surface area contributed by atoms with Crippen molar-refractivity contribution < 1.29 is 15.0 Å². The van der Waals surface area contributed by atoms with E-state index < -0.39 is 12.1 Å². The third-order valence-electron chi connectivity index (χ3n) is 1.70. The van der Waals surface area contributed by atoms with E-state index in [9.17, 15) is 9.90 Å². The fourth-order valence-electron chi connectivity index (χ4n) is 0.999. The molecule has 0 unspecified atom stereocenters. The number of carboxylic acids is 1. The normalized spacial score (nSPS) is 12.1. The van der Waals surface area contributed by atoms with Gasteiger partial charge in [0.15, 0.2) is 6.10 Å². The summed E-state index contributed by atoms with van der Waals surface area (Å²) in [5.74, 6) is -1.25. The third-order valence-corrected chi connectivity index (χ3v) is 1.70. The maximum Gasteiger partial charge on any atom is 0.337 e. The Labute approximate surface area is 76.0 Å². The molecule has 3 heteroatoms. The lowest BCUT2D eigenvalue weighted by molar-refractivity contribution is -0.146. The highest BCUT2D eigenvalue weighted by Crippen LogP contribution is 2.15. The average Bonchev–Trinajstić information content (AvgIpc) is 2.16. The van der Waals surface area contributed by atoms with Crippen LogP contribution in [0.3, 0.4) is 0 Å². The number of aliphatic carboxylic acids is 1. The van der Waals surface area contributed by atoms with E-state index in [1.54, 1.807) is 30.3 Å². The second-order valence-corrected chi connectivity index (χ2v) is 2.62. The lowest BCUT2D eigenvalue weighted by Crippen LogP contribution is -2.10. The van der Waals surface area contributed by atoms with Gasteiger partial charge in [-0.05, 0) is 17.2 Å². The third kappa shape index (κ3) is 2.16. The SMILES string of the molecule is C=Cc1cccc([C@@H](O)C(=O)O)c1. The van der Waals surface area contributed by atoms with Crippen molar-refractivity contribution in [1.82, 2.24) is 0 Å². The maximum atomic E-state index is 10.4. The van der Waals surface area contributed by atoms with Gasteiger partial charge in [0.05, 0.1) is 0 Å². The minimum atomic E-state index is -1.46. The summed E-state index contributed by atoms with van der Waals surface area (Å²) in [5, 5.41) is 17.7. The molecule has 1 rings (SSSR count). The second kappa shape index (κ2) is 3.87. The molecule has 13 heavy (non-hydrogen) atoms. The maximum absolute atomic E-state index is 10.4. The van der Waals surface area contributed by atoms with Crippen molar-refractivity contribution >= 4 is 12.0 Å². The second-order valence-electron chi connectivity index (χ2n) is 2.62. The Balaban J connectivity index is 3.01. The van der Waals surface area contributed by atoms with E-state index in [4.69, 9.17) is 5.11 Å². The molecule has 3 nitrogen and oxygen atoms in total. The van der Waals surface area contributed by atoms with Crippen LogP contribution in [0.2, 0.25) is 0 Å². The van der Waals surface area contributed by atoms with Crippen molar-refractivity contribution in [2.75, 3.05) is 0 Å². The summed E-state index contributed by atoms with van der Waals surface area (Å²) in [4.78, 5) is 10.4. The first-order valence-corrected chi connectivity index (χ1v) is 3.78. The fraction of sp³-hybridized carbons (Fsp3) is 0.100. The molecular weight excluding hydrogens is 168 g/mol. The van der Waals surface area contributed by atoms with Gasteiger partial charge in [0.25, 0.3) is 0 Å². The summed E-state index contributed by atoms with van der Waals surface area (Å²) < 4.78 is 0. The topological polar surface area (TPSA) is 57.5 Å². The van der Waals surface area contributed by atoms with Gasteiger partial charge in [-0.25, -0.2) is 4.79 Å². The van der Waals surface area contributed by atoms with Gasteiger partial charge in [0.2, 0.25) is 0 Å². The average molecular weight is 178 g/mol. The van der Waals surface area contributed by atoms with Crippen molar-refractivity contribution in [3.63, 3.8) is 0 Å². The summed E-state index contributed by atoms with van der Waals surface area (Å²) in [6.07, 6.45) is 0.137. The van der Waals surface area contributed by atoms with Crippen LogP contribution in [0.5, 0.6) is 0 Å². The first kappa shape index (κ1) is 9.48. The van der Waals surface area contributed by atoms with Gasteiger partial charge in [-0.2, -0.15) is 0 Å². The number of carboxylic acid groups (broad SMARTS) is 1. The number of hydrogen-bond donors (Lipinski definition) is 2. The number of hydrogen-bond acceptors (Lipinski definition) is 2. The fourth-order valence-corrected chi connectivity index (χ4v) is 0.999. The van der Waals surface area contributed by atoms with Gasteiger partial charge in [-0.3, -0.25) is 0 Å². The minimum Gasteiger partial charge on any atom is -0.479 e. The number of benzene rings is 1. The zero-order chi connectivity index (χ0) is 9.84. The first-order chi connectivity index (χ1) is 6.15. The molecule has 1 aromatic carbocycles. The molecule has 0 aliphatic rings. The molecule has 0 aliphatic heterocycles. The number of aliphatic hydroxyl groups is 1. The number of aliphatic hydroxyl groups excluding tert-OH is 1. The van der Waals surface area contributed by atoms with Crippen LogP contribution >= 0.6 is 0 Å². The molecule has 0 radical (unpaired) electrons. The molecule has 2 N–H and O–H groups in total. The highest BCUT2D eigenvalue weighted by molar-refractivity contribution is 5.74. The van der Waals surface area contributed by atoms with Crippen molar-refractivity contribution in [3.05, 3.63) is 42.0 Å². The summed E-state index contributed by atoms with van der Waals surface area (Å²) in [5.41, 5.74) is 1.16. The van der Waals surface area contributed by atoms with Crippen LogP contribution in [-0.2, 0) is 4.79 Å². The van der Waals surface area contributed by atoms with Crippen molar-refractivity contribution in [2.45, 2.75) is 6.10 Å². The van der Waals surface area contributed by atoms with Gasteiger partial charge in [-0.1, -0.05) is 30.9 Å². The Morgan fingerprint density at radius 1 is 1.54 bits per heavy atom. The molecular formula is C10H10O3. The van der Waals surface area contributed by atoms with Crippen LogP contribution in [0.25, 0.3) is 6.08 Å². The Morgan fingerprint density at radius 3 is 2.77 bits per heavy atom. The molecule has 1 atom stereocenters. The highest BCUT2D eigenvalue weighted by Gasteiger charge is 2.15. The van der Waals surface area contributed by atoms with Crippen LogP contribution in [0.4, 0.5) is 0 Å². The lowest BCUT2D eigenvalue weighted by Gasteiger charge is -2.05. The number of carbonyl (C=O) groups is 1. The Hall–Kier alpha value is -1.61. The first-order valence-electron chi connectivity index (χ1n) is 3.78. The molecule has 0 spiro atoms. The monoisotopic (exact) mass is 178 g/mol. The van der Waals surface area contributed by atoms with Gasteiger partial charge >= 0.3 is 5.97 Å². The molecule has 0 heterocycles. The summed E-state index contributed by atoms with van der Waals surface area (Å²) in [6.45, 7) is 3.55. The van der Waals surface area contributed by atoms with Gasteiger partial charge < -0.3 is 10.2 Å². The quantitative estimate of drug-likeness (QED) is 0.736. The smallest absolute Gasteiger partial charge is 0.337 e. The number of rotatable bonds is 3. The van der Waals surface area contributed by atoms with E-state index in [0.717, 1.165) is 5.56 Å². The van der Waals surface area contributed by atoms with Gasteiger partial charge in [0, 0.05) is 0 Å². The van der Waals surface area contributed by atoms with Crippen LogP contribution in [0, 0.1) is 0 Å². The van der Waals surface area contributed by atoms with Gasteiger partial charge in [-0.15, -0.1) is 0 Å². The predicted molar refractivity (Wildman–Crippen MR) is 49.1 cm³/mol. The van der Waals surface area contributed by atoms with E-state index >= 15 is 0 Å². The molecule has 0 saturated heterocycles. The molecule has 0 saturated carbocycles. The van der Waals surface area contributed by atoms with E-state index in [1.165, 1.54) is 0 Å². The molecule has 0 aliphatic carbocycles. The van der Waals surface area contributed by atoms with Crippen molar-refractivity contribution in [2.24, 2.45) is 0 Å². The molecule has 0 aromatic heterocycles. The van der Waals surface area contributed by atoms with E-state index in [-0.39, 0.29) is 0 Å². The Bertz CT molecular complexity index is 331.